The zero-order chi connectivity index (χ0) is 9.14. The van der Waals surface area contributed by atoms with Gasteiger partial charge in [-0.1, -0.05) is 13.0 Å². The van der Waals surface area contributed by atoms with E-state index < -0.39 is 0 Å². The molecule has 0 spiro atoms. The van der Waals surface area contributed by atoms with E-state index in [0.29, 0.717) is 6.54 Å². The lowest BCUT2D eigenvalue weighted by atomic mass is 10.0. The first-order chi connectivity index (χ1) is 5.65. The summed E-state index contributed by atoms with van der Waals surface area (Å²) in [5, 5.41) is 18.4. The topological polar surface area (TPSA) is 66.5 Å². The van der Waals surface area contributed by atoms with Gasteiger partial charge in [-0.3, -0.25) is 0 Å². The van der Waals surface area contributed by atoms with Gasteiger partial charge in [0.2, 0.25) is 0 Å². The Kier molecular flexibility index (Phi) is 4.59. The van der Waals surface area contributed by atoms with Crippen molar-refractivity contribution in [2.45, 2.75) is 12.8 Å². The molecule has 0 radical (unpaired) electrons. The quantitative estimate of drug-likeness (QED) is 0.684. The van der Waals surface area contributed by atoms with Crippen LogP contribution in [0, 0.1) is 0 Å². The second kappa shape index (κ2) is 4.94. The lowest BCUT2D eigenvalue weighted by Crippen LogP contribution is -2.08. The Bertz CT molecular complexity index is 278. The van der Waals surface area contributed by atoms with Gasteiger partial charge >= 0.3 is 0 Å². The lowest BCUT2D eigenvalue weighted by Gasteiger charge is -2.10. The van der Waals surface area contributed by atoms with Crippen molar-refractivity contribution in [3.05, 3.63) is 23.8 Å². The Balaban J connectivity index is 0.00000144. The van der Waals surface area contributed by atoms with Gasteiger partial charge in [0.25, 0.3) is 0 Å². The van der Waals surface area contributed by atoms with Crippen molar-refractivity contribution in [3.63, 3.8) is 0 Å². The van der Waals surface area contributed by atoms with E-state index in [2.05, 4.69) is 0 Å². The maximum atomic E-state index is 9.38. The van der Waals surface area contributed by atoms with E-state index in [1.807, 2.05) is 6.92 Å². The number of aromatic hydroxyl groups is 2. The molecule has 0 saturated carbocycles. The number of rotatable bonds is 2. The van der Waals surface area contributed by atoms with Crippen LogP contribution in [-0.4, -0.2) is 16.8 Å². The average Bonchev–Trinajstić information content (AvgIpc) is 2.03. The van der Waals surface area contributed by atoms with Crippen molar-refractivity contribution in [3.8, 4) is 11.5 Å². The highest BCUT2D eigenvalue weighted by Crippen LogP contribution is 2.28. The molecule has 1 rings (SSSR count). The predicted octanol–water partition coefficient (Wildman–Crippen LogP) is 1.58. The fourth-order valence-electron chi connectivity index (χ4n) is 1.08. The molecule has 1 unspecified atom stereocenters. The zero-order valence-corrected chi connectivity index (χ0v) is 8.21. The number of phenolic OH excluding ortho intramolecular Hbond substituents is 2. The van der Waals surface area contributed by atoms with Gasteiger partial charge in [-0.25, -0.2) is 0 Å². The van der Waals surface area contributed by atoms with E-state index in [0.717, 1.165) is 5.56 Å². The lowest BCUT2D eigenvalue weighted by molar-refractivity contribution is 0.443. The molecule has 4 N–H and O–H groups in total. The van der Waals surface area contributed by atoms with Crippen LogP contribution < -0.4 is 5.73 Å². The summed E-state index contributed by atoms with van der Waals surface area (Å²) < 4.78 is 0. The number of halogens is 1. The third-order valence-electron chi connectivity index (χ3n) is 1.90. The molecule has 0 aliphatic rings. The SMILES string of the molecule is CC(CN)c1ccc(O)cc1O.Cl. The van der Waals surface area contributed by atoms with Gasteiger partial charge < -0.3 is 15.9 Å². The number of phenols is 2. The summed E-state index contributed by atoms with van der Waals surface area (Å²) in [7, 11) is 0. The Morgan fingerprint density at radius 3 is 2.46 bits per heavy atom. The second-order valence-electron chi connectivity index (χ2n) is 2.88. The minimum Gasteiger partial charge on any atom is -0.508 e. The van der Waals surface area contributed by atoms with Crippen LogP contribution in [0.3, 0.4) is 0 Å². The zero-order valence-electron chi connectivity index (χ0n) is 7.40. The first kappa shape index (κ1) is 12.1. The molecular formula is C9H14ClNO2. The fourth-order valence-corrected chi connectivity index (χ4v) is 1.08. The molecule has 3 nitrogen and oxygen atoms in total. The maximum Gasteiger partial charge on any atom is 0.122 e. The Hall–Kier alpha value is -0.930. The van der Waals surface area contributed by atoms with Crippen molar-refractivity contribution in [1.82, 2.24) is 0 Å². The number of nitrogens with two attached hydrogens (primary N) is 1. The highest BCUT2D eigenvalue weighted by molar-refractivity contribution is 5.85. The van der Waals surface area contributed by atoms with Crippen LogP contribution in [0.5, 0.6) is 11.5 Å². The molecule has 0 bridgehead atoms. The van der Waals surface area contributed by atoms with Crippen LogP contribution in [0.4, 0.5) is 0 Å². The third kappa shape index (κ3) is 2.79. The molecule has 0 saturated heterocycles. The smallest absolute Gasteiger partial charge is 0.122 e. The van der Waals surface area contributed by atoms with Crippen LogP contribution in [0.25, 0.3) is 0 Å². The van der Waals surface area contributed by atoms with E-state index in [9.17, 15) is 5.11 Å². The maximum absolute atomic E-state index is 9.38. The Morgan fingerprint density at radius 1 is 1.38 bits per heavy atom. The van der Waals surface area contributed by atoms with Crippen molar-refractivity contribution in [2.75, 3.05) is 6.54 Å². The summed E-state index contributed by atoms with van der Waals surface area (Å²) in [6, 6.07) is 4.55. The van der Waals surface area contributed by atoms with Crippen molar-refractivity contribution in [2.24, 2.45) is 5.73 Å². The predicted molar refractivity (Wildman–Crippen MR) is 54.5 cm³/mol. The molecule has 0 amide bonds. The second-order valence-corrected chi connectivity index (χ2v) is 2.88. The highest BCUT2D eigenvalue weighted by atomic mass is 35.5. The van der Waals surface area contributed by atoms with Crippen molar-refractivity contribution >= 4 is 12.4 Å². The molecule has 0 heterocycles. The van der Waals surface area contributed by atoms with Gasteiger partial charge in [-0.05, 0) is 24.1 Å². The minimum atomic E-state index is 0. The van der Waals surface area contributed by atoms with Gasteiger partial charge in [-0.15, -0.1) is 12.4 Å². The molecule has 0 aromatic heterocycles. The minimum absolute atomic E-state index is 0. The molecular weight excluding hydrogens is 190 g/mol. The molecule has 1 atom stereocenters. The summed E-state index contributed by atoms with van der Waals surface area (Å²) >= 11 is 0. The van der Waals surface area contributed by atoms with E-state index in [1.165, 1.54) is 6.07 Å². The summed E-state index contributed by atoms with van der Waals surface area (Å²) in [6.07, 6.45) is 0. The standard InChI is InChI=1S/C9H13NO2.ClH/c1-6(5-10)8-3-2-7(11)4-9(8)12;/h2-4,6,11-12H,5,10H2,1H3;1H. The van der Waals surface area contributed by atoms with Crippen molar-refractivity contribution in [1.29, 1.82) is 0 Å². The highest BCUT2D eigenvalue weighted by Gasteiger charge is 2.08. The summed E-state index contributed by atoms with van der Waals surface area (Å²) in [5.41, 5.74) is 6.21. The van der Waals surface area contributed by atoms with E-state index in [-0.39, 0.29) is 29.8 Å². The van der Waals surface area contributed by atoms with Gasteiger partial charge in [-0.2, -0.15) is 0 Å². The third-order valence-corrected chi connectivity index (χ3v) is 1.90. The average molecular weight is 204 g/mol. The van der Waals surface area contributed by atoms with Crippen LogP contribution in [-0.2, 0) is 0 Å². The summed E-state index contributed by atoms with van der Waals surface area (Å²) in [5.74, 6) is 0.291. The fraction of sp³-hybridized carbons (Fsp3) is 0.333. The van der Waals surface area contributed by atoms with Crippen LogP contribution in [0.15, 0.2) is 18.2 Å². The Labute approximate surface area is 83.6 Å². The largest absolute Gasteiger partial charge is 0.508 e. The molecule has 1 aromatic rings. The molecule has 0 fully saturated rings. The molecule has 13 heavy (non-hydrogen) atoms. The molecule has 1 aromatic carbocycles. The first-order valence-corrected chi connectivity index (χ1v) is 3.87. The summed E-state index contributed by atoms with van der Waals surface area (Å²) in [6.45, 7) is 2.41. The van der Waals surface area contributed by atoms with Gasteiger partial charge in [0.1, 0.15) is 11.5 Å². The number of hydrogen-bond acceptors (Lipinski definition) is 3. The van der Waals surface area contributed by atoms with Gasteiger partial charge in [0.15, 0.2) is 0 Å². The molecule has 4 heteroatoms. The van der Waals surface area contributed by atoms with Gasteiger partial charge in [0.05, 0.1) is 0 Å². The Morgan fingerprint density at radius 2 is 2.00 bits per heavy atom. The number of benzene rings is 1. The van der Waals surface area contributed by atoms with E-state index >= 15 is 0 Å². The monoisotopic (exact) mass is 203 g/mol. The summed E-state index contributed by atoms with van der Waals surface area (Å²) in [4.78, 5) is 0. The van der Waals surface area contributed by atoms with Crippen LogP contribution >= 0.6 is 12.4 Å². The van der Waals surface area contributed by atoms with Crippen LogP contribution in [0.2, 0.25) is 0 Å². The van der Waals surface area contributed by atoms with Gasteiger partial charge in [0, 0.05) is 6.07 Å². The number of hydrogen-bond donors (Lipinski definition) is 3. The molecule has 0 aliphatic heterocycles. The molecule has 0 aliphatic carbocycles. The van der Waals surface area contributed by atoms with E-state index in [4.69, 9.17) is 10.8 Å². The van der Waals surface area contributed by atoms with Crippen LogP contribution in [0.1, 0.15) is 18.4 Å². The molecule has 74 valence electrons. The normalized spacial score (nSPS) is 11.8. The first-order valence-electron chi connectivity index (χ1n) is 3.87. The van der Waals surface area contributed by atoms with Crippen molar-refractivity contribution < 1.29 is 10.2 Å². The van der Waals surface area contributed by atoms with E-state index in [1.54, 1.807) is 12.1 Å².